The molecule has 0 radical (unpaired) electrons. The molecule has 0 amide bonds. The van der Waals surface area contributed by atoms with Crippen LogP contribution in [0.5, 0.6) is 0 Å². The molecule has 3 rings (SSSR count). The van der Waals surface area contributed by atoms with E-state index in [1.165, 1.54) is 6.42 Å². The van der Waals surface area contributed by atoms with Gasteiger partial charge in [-0.3, -0.25) is 4.79 Å². The van der Waals surface area contributed by atoms with Gasteiger partial charge in [0.05, 0.1) is 18.8 Å². The molecule has 0 aromatic heterocycles. The molecule has 1 saturated heterocycles. The smallest absolute Gasteiger partial charge is 0.161 e. The van der Waals surface area contributed by atoms with E-state index in [0.29, 0.717) is 35.7 Å². The lowest BCUT2D eigenvalue weighted by molar-refractivity contribution is -0.119. The van der Waals surface area contributed by atoms with Crippen LogP contribution in [0.3, 0.4) is 0 Å². The number of carbonyl (C=O) groups is 1. The van der Waals surface area contributed by atoms with Crippen LogP contribution in [0, 0.1) is 23.7 Å². The van der Waals surface area contributed by atoms with E-state index in [4.69, 9.17) is 4.74 Å². The topological polar surface area (TPSA) is 49.8 Å². The second-order valence-corrected chi connectivity index (χ2v) is 6.46. The zero-order valence-electron chi connectivity index (χ0n) is 11.2. The molecule has 0 aromatic carbocycles. The summed E-state index contributed by atoms with van der Waals surface area (Å²) in [4.78, 5) is 12.0. The zero-order chi connectivity index (χ0) is 12.9. The van der Waals surface area contributed by atoms with Crippen molar-refractivity contribution in [2.75, 3.05) is 13.2 Å². The van der Waals surface area contributed by atoms with Crippen molar-refractivity contribution < 1.29 is 14.6 Å². The van der Waals surface area contributed by atoms with Crippen LogP contribution in [0.2, 0.25) is 0 Å². The number of ether oxygens (including phenoxy) is 1. The summed E-state index contributed by atoms with van der Waals surface area (Å²) in [5.74, 6) is 2.14. The molecule has 18 heavy (non-hydrogen) atoms. The van der Waals surface area contributed by atoms with Gasteiger partial charge in [0.1, 0.15) is 0 Å². The van der Waals surface area contributed by atoms with Gasteiger partial charge in [-0.25, -0.2) is 0 Å². The Bertz CT molecular complexity index is 393. The second-order valence-electron chi connectivity index (χ2n) is 6.46. The number of carbonyl (C=O) groups excluding carboxylic acids is 1. The van der Waals surface area contributed by atoms with Gasteiger partial charge < -0.3 is 9.84 Å². The van der Waals surface area contributed by atoms with Crippen molar-refractivity contribution in [3.63, 3.8) is 0 Å². The number of epoxide rings is 1. The van der Waals surface area contributed by atoms with Crippen LogP contribution >= 0.6 is 0 Å². The van der Waals surface area contributed by atoms with Crippen LogP contribution in [0.4, 0.5) is 0 Å². The Labute approximate surface area is 108 Å². The summed E-state index contributed by atoms with van der Waals surface area (Å²) in [6.45, 7) is 5.24. The summed E-state index contributed by atoms with van der Waals surface area (Å²) in [5.41, 5.74) is 0.628. The lowest BCUT2D eigenvalue weighted by Crippen LogP contribution is -2.45. The predicted octanol–water partition coefficient (Wildman–Crippen LogP) is 1.95. The molecule has 1 heterocycles. The summed E-state index contributed by atoms with van der Waals surface area (Å²) >= 11 is 0. The van der Waals surface area contributed by atoms with Crippen molar-refractivity contribution in [1.82, 2.24) is 0 Å². The average Bonchev–Trinajstić information content (AvgIpc) is 3.10. The maximum Gasteiger partial charge on any atom is 0.161 e. The van der Waals surface area contributed by atoms with Gasteiger partial charge in [0.25, 0.3) is 0 Å². The maximum atomic E-state index is 12.0. The molecule has 1 spiro atoms. The fourth-order valence-corrected chi connectivity index (χ4v) is 4.03. The molecule has 1 saturated carbocycles. The van der Waals surface area contributed by atoms with E-state index in [0.717, 1.165) is 13.0 Å². The van der Waals surface area contributed by atoms with Gasteiger partial charge in [-0.05, 0) is 30.6 Å². The summed E-state index contributed by atoms with van der Waals surface area (Å²) in [7, 11) is 0. The third kappa shape index (κ3) is 1.76. The van der Waals surface area contributed by atoms with Crippen LogP contribution < -0.4 is 0 Å². The highest BCUT2D eigenvalue weighted by Gasteiger charge is 2.59. The molecule has 4 atom stereocenters. The number of fused-ring (bicyclic) bond motifs is 2. The van der Waals surface area contributed by atoms with E-state index in [-0.39, 0.29) is 18.0 Å². The van der Waals surface area contributed by atoms with E-state index in [2.05, 4.69) is 19.9 Å². The molecule has 1 aliphatic heterocycles. The minimum Gasteiger partial charge on any atom is -0.392 e. The summed E-state index contributed by atoms with van der Waals surface area (Å²) in [5, 5.41) is 9.30. The van der Waals surface area contributed by atoms with Crippen molar-refractivity contribution in [3.05, 3.63) is 11.6 Å². The first-order valence-electron chi connectivity index (χ1n) is 7.06. The van der Waals surface area contributed by atoms with E-state index in [1.807, 2.05) is 0 Å². The fraction of sp³-hybridized carbons (Fsp3) is 0.800. The number of aliphatic hydroxyl groups is 1. The van der Waals surface area contributed by atoms with Gasteiger partial charge in [0.2, 0.25) is 0 Å². The molecule has 100 valence electrons. The van der Waals surface area contributed by atoms with E-state index in [1.54, 1.807) is 0 Å². The lowest BCUT2D eigenvalue weighted by atomic mass is 9.59. The Kier molecular flexibility index (Phi) is 2.87. The van der Waals surface area contributed by atoms with Crippen LogP contribution in [0.25, 0.3) is 0 Å². The Morgan fingerprint density at radius 3 is 2.83 bits per heavy atom. The minimum atomic E-state index is -0.110. The zero-order valence-corrected chi connectivity index (χ0v) is 11.2. The third-order valence-corrected chi connectivity index (χ3v) is 5.23. The number of allylic oxidation sites excluding steroid dienone is 1. The molecule has 2 aliphatic carbocycles. The third-order valence-electron chi connectivity index (χ3n) is 5.23. The Hall–Kier alpha value is -0.670. The molecular formula is C15H22O3. The Morgan fingerprint density at radius 2 is 2.28 bits per heavy atom. The van der Waals surface area contributed by atoms with Gasteiger partial charge in [0, 0.05) is 17.9 Å². The van der Waals surface area contributed by atoms with Crippen molar-refractivity contribution in [2.24, 2.45) is 23.7 Å². The van der Waals surface area contributed by atoms with Crippen LogP contribution in [0.15, 0.2) is 11.6 Å². The van der Waals surface area contributed by atoms with Gasteiger partial charge in [-0.2, -0.15) is 0 Å². The standard InChI is InChI=1S/C15H22O3/c1-9(2)11-3-4-15(8-18-15)13-6-14(17)10(7-16)5-12(11)13/h5,9,11-13,16H,3-4,6-8H2,1-2H3. The van der Waals surface area contributed by atoms with E-state index >= 15 is 0 Å². The van der Waals surface area contributed by atoms with Crippen LogP contribution in [-0.2, 0) is 9.53 Å². The average molecular weight is 250 g/mol. The molecular weight excluding hydrogens is 228 g/mol. The maximum absolute atomic E-state index is 12.0. The largest absolute Gasteiger partial charge is 0.392 e. The van der Waals surface area contributed by atoms with Crippen molar-refractivity contribution in [1.29, 1.82) is 0 Å². The lowest BCUT2D eigenvalue weighted by Gasteiger charge is -2.44. The molecule has 0 aromatic rings. The van der Waals surface area contributed by atoms with Crippen LogP contribution in [0.1, 0.15) is 33.1 Å². The minimum absolute atomic E-state index is 0.00318. The predicted molar refractivity (Wildman–Crippen MR) is 68.0 cm³/mol. The van der Waals surface area contributed by atoms with Gasteiger partial charge >= 0.3 is 0 Å². The van der Waals surface area contributed by atoms with Crippen molar-refractivity contribution >= 4 is 5.78 Å². The fourth-order valence-electron chi connectivity index (χ4n) is 4.03. The van der Waals surface area contributed by atoms with Gasteiger partial charge in [-0.1, -0.05) is 19.9 Å². The first-order valence-corrected chi connectivity index (χ1v) is 7.06. The Morgan fingerprint density at radius 1 is 1.56 bits per heavy atom. The molecule has 3 aliphatic rings. The van der Waals surface area contributed by atoms with Crippen LogP contribution in [-0.4, -0.2) is 29.7 Å². The molecule has 0 bridgehead atoms. The molecule has 4 unspecified atom stereocenters. The summed E-state index contributed by atoms with van der Waals surface area (Å²) in [6, 6.07) is 0. The van der Waals surface area contributed by atoms with Crippen molar-refractivity contribution in [2.45, 2.75) is 38.7 Å². The first-order chi connectivity index (χ1) is 8.57. The Balaban J connectivity index is 1.94. The van der Waals surface area contributed by atoms with Gasteiger partial charge in [-0.15, -0.1) is 0 Å². The molecule has 2 fully saturated rings. The second kappa shape index (κ2) is 4.17. The molecule has 3 heteroatoms. The highest BCUT2D eigenvalue weighted by molar-refractivity contribution is 5.96. The first kappa shape index (κ1) is 12.4. The highest BCUT2D eigenvalue weighted by Crippen LogP contribution is 2.55. The number of hydrogen-bond donors (Lipinski definition) is 1. The monoisotopic (exact) mass is 250 g/mol. The number of ketones is 1. The van der Waals surface area contributed by atoms with E-state index < -0.39 is 0 Å². The summed E-state index contributed by atoms with van der Waals surface area (Å²) in [6.07, 6.45) is 4.92. The molecule has 3 nitrogen and oxygen atoms in total. The van der Waals surface area contributed by atoms with Gasteiger partial charge in [0.15, 0.2) is 5.78 Å². The number of hydrogen-bond acceptors (Lipinski definition) is 3. The number of Topliss-reactive ketones (excluding diaryl/α,β-unsaturated/α-hetero) is 1. The highest BCUT2D eigenvalue weighted by atomic mass is 16.6. The normalized spacial score (nSPS) is 43.0. The van der Waals surface area contributed by atoms with E-state index in [9.17, 15) is 9.90 Å². The molecule has 1 N–H and O–H groups in total. The number of rotatable bonds is 2. The quantitative estimate of drug-likeness (QED) is 0.762. The van der Waals surface area contributed by atoms with Crippen molar-refractivity contribution in [3.8, 4) is 0 Å². The number of aliphatic hydroxyl groups excluding tert-OH is 1. The SMILES string of the molecule is CC(C)C1CCC2(CO2)C2CC(=O)C(CO)=CC12. The summed E-state index contributed by atoms with van der Waals surface area (Å²) < 4.78 is 5.71.